The molecule has 1 aliphatic rings. The van der Waals surface area contributed by atoms with Crippen LogP contribution >= 0.6 is 0 Å². The number of hydrogen-bond acceptors (Lipinski definition) is 4. The number of rotatable bonds is 9. The largest absolute Gasteiger partial charge is 0.379 e. The summed E-state index contributed by atoms with van der Waals surface area (Å²) in [5.74, 6) is -1.66. The van der Waals surface area contributed by atoms with Crippen molar-refractivity contribution in [3.8, 4) is 0 Å². The molecule has 1 amide bonds. The zero-order chi connectivity index (χ0) is 23.1. The van der Waals surface area contributed by atoms with Crippen molar-refractivity contribution >= 4 is 15.9 Å². The summed E-state index contributed by atoms with van der Waals surface area (Å²) >= 11 is 0. The SMILES string of the molecule is CCCCCN(Cc1ccc(F)cc1)C(=O)c1ccc(F)c(S(=O)(=O)N2CCOCC2)c1. The number of benzene rings is 2. The summed E-state index contributed by atoms with van der Waals surface area (Å²) in [4.78, 5) is 14.3. The van der Waals surface area contributed by atoms with E-state index in [1.54, 1.807) is 17.0 Å². The van der Waals surface area contributed by atoms with Crippen molar-refractivity contribution in [1.82, 2.24) is 9.21 Å². The summed E-state index contributed by atoms with van der Waals surface area (Å²) < 4.78 is 60.0. The van der Waals surface area contributed by atoms with Gasteiger partial charge in [-0.2, -0.15) is 4.31 Å². The number of ether oxygens (including phenoxy) is 1. The van der Waals surface area contributed by atoms with Gasteiger partial charge in [0.15, 0.2) is 0 Å². The van der Waals surface area contributed by atoms with Crippen LogP contribution in [0.5, 0.6) is 0 Å². The first-order chi connectivity index (χ1) is 15.3. The van der Waals surface area contributed by atoms with Crippen LogP contribution in [-0.4, -0.2) is 56.4 Å². The van der Waals surface area contributed by atoms with Gasteiger partial charge in [-0.3, -0.25) is 4.79 Å². The molecule has 0 saturated carbocycles. The lowest BCUT2D eigenvalue weighted by molar-refractivity contribution is 0.0727. The number of unbranched alkanes of at least 4 members (excludes halogenated alkanes) is 2. The Morgan fingerprint density at radius 2 is 1.75 bits per heavy atom. The number of sulfonamides is 1. The molecule has 0 unspecified atom stereocenters. The van der Waals surface area contributed by atoms with Gasteiger partial charge in [-0.25, -0.2) is 17.2 Å². The van der Waals surface area contributed by atoms with Crippen molar-refractivity contribution < 1.29 is 26.7 Å². The van der Waals surface area contributed by atoms with Gasteiger partial charge in [0, 0.05) is 31.7 Å². The molecule has 0 bridgehead atoms. The van der Waals surface area contributed by atoms with Crippen LogP contribution in [-0.2, 0) is 21.3 Å². The fourth-order valence-electron chi connectivity index (χ4n) is 3.56. The van der Waals surface area contributed by atoms with E-state index in [-0.39, 0.29) is 44.2 Å². The highest BCUT2D eigenvalue weighted by Crippen LogP contribution is 2.23. The third kappa shape index (κ3) is 5.90. The molecule has 0 spiro atoms. The standard InChI is InChI=1S/C23H28F2N2O4S/c1-2-3-4-11-26(17-18-5-8-20(24)9-6-18)23(28)19-7-10-21(25)22(16-19)32(29,30)27-12-14-31-15-13-27/h5-10,16H,2-4,11-15,17H2,1H3. The van der Waals surface area contributed by atoms with Gasteiger partial charge in [-0.05, 0) is 42.3 Å². The number of halogens is 2. The van der Waals surface area contributed by atoms with Crippen LogP contribution in [0.15, 0.2) is 47.4 Å². The van der Waals surface area contributed by atoms with Crippen molar-refractivity contribution in [3.05, 3.63) is 65.2 Å². The van der Waals surface area contributed by atoms with E-state index < -0.39 is 26.6 Å². The fraction of sp³-hybridized carbons (Fsp3) is 0.435. The van der Waals surface area contributed by atoms with Crippen LogP contribution in [0.2, 0.25) is 0 Å². The molecular formula is C23H28F2N2O4S. The smallest absolute Gasteiger partial charge is 0.254 e. The molecule has 6 nitrogen and oxygen atoms in total. The number of carbonyl (C=O) groups excluding carboxylic acids is 1. The van der Waals surface area contributed by atoms with Crippen molar-refractivity contribution in [3.63, 3.8) is 0 Å². The first-order valence-electron chi connectivity index (χ1n) is 10.7. The summed E-state index contributed by atoms with van der Waals surface area (Å²) in [5, 5.41) is 0. The highest BCUT2D eigenvalue weighted by atomic mass is 32.2. The summed E-state index contributed by atoms with van der Waals surface area (Å²) in [7, 11) is -4.09. The maximum absolute atomic E-state index is 14.5. The maximum atomic E-state index is 14.5. The second-order valence-electron chi connectivity index (χ2n) is 7.72. The van der Waals surface area contributed by atoms with Gasteiger partial charge in [0.25, 0.3) is 5.91 Å². The minimum absolute atomic E-state index is 0.0943. The van der Waals surface area contributed by atoms with Gasteiger partial charge in [0.2, 0.25) is 10.0 Å². The van der Waals surface area contributed by atoms with Crippen LogP contribution in [0, 0.1) is 11.6 Å². The molecule has 0 aliphatic carbocycles. The lowest BCUT2D eigenvalue weighted by atomic mass is 10.1. The average Bonchev–Trinajstić information content (AvgIpc) is 2.80. The topological polar surface area (TPSA) is 66.9 Å². The minimum Gasteiger partial charge on any atom is -0.379 e. The minimum atomic E-state index is -4.09. The van der Waals surface area contributed by atoms with Gasteiger partial charge in [0.05, 0.1) is 13.2 Å². The van der Waals surface area contributed by atoms with E-state index >= 15 is 0 Å². The Morgan fingerprint density at radius 1 is 1.06 bits per heavy atom. The molecule has 2 aromatic rings. The molecule has 1 saturated heterocycles. The highest BCUT2D eigenvalue weighted by molar-refractivity contribution is 7.89. The molecule has 9 heteroatoms. The van der Waals surface area contributed by atoms with E-state index in [0.29, 0.717) is 6.54 Å². The van der Waals surface area contributed by atoms with Gasteiger partial charge < -0.3 is 9.64 Å². The average molecular weight is 467 g/mol. The van der Waals surface area contributed by atoms with Crippen LogP contribution < -0.4 is 0 Å². The van der Waals surface area contributed by atoms with Crippen molar-refractivity contribution in [2.45, 2.75) is 37.6 Å². The summed E-state index contributed by atoms with van der Waals surface area (Å²) in [5.41, 5.74) is 0.844. The van der Waals surface area contributed by atoms with E-state index in [4.69, 9.17) is 4.74 Å². The molecule has 3 rings (SSSR count). The van der Waals surface area contributed by atoms with Crippen LogP contribution in [0.1, 0.15) is 42.1 Å². The zero-order valence-corrected chi connectivity index (χ0v) is 18.9. The number of amides is 1. The predicted octanol–water partition coefficient (Wildman–Crippen LogP) is 3.82. The molecule has 1 heterocycles. The van der Waals surface area contributed by atoms with Crippen LogP contribution in [0.4, 0.5) is 8.78 Å². The summed E-state index contributed by atoms with van der Waals surface area (Å²) in [6.07, 6.45) is 2.66. The first-order valence-corrected chi connectivity index (χ1v) is 12.2. The van der Waals surface area contributed by atoms with E-state index in [1.165, 1.54) is 22.5 Å². The third-order valence-electron chi connectivity index (χ3n) is 5.37. The first kappa shape index (κ1) is 24.3. The maximum Gasteiger partial charge on any atom is 0.254 e. The molecule has 1 aliphatic heterocycles. The Kier molecular flexibility index (Phi) is 8.33. The van der Waals surface area contributed by atoms with Crippen molar-refractivity contribution in [1.29, 1.82) is 0 Å². The molecule has 1 fully saturated rings. The van der Waals surface area contributed by atoms with Crippen molar-refractivity contribution in [2.75, 3.05) is 32.8 Å². The molecule has 0 N–H and O–H groups in total. The number of nitrogens with zero attached hydrogens (tertiary/aromatic N) is 2. The Labute approximate surface area is 187 Å². The second kappa shape index (κ2) is 11.0. The molecular weight excluding hydrogens is 438 g/mol. The van der Waals surface area contributed by atoms with Crippen LogP contribution in [0.3, 0.4) is 0 Å². The van der Waals surface area contributed by atoms with E-state index in [2.05, 4.69) is 6.92 Å². The second-order valence-corrected chi connectivity index (χ2v) is 9.63. The third-order valence-corrected chi connectivity index (χ3v) is 7.29. The molecule has 0 aromatic heterocycles. The Balaban J connectivity index is 1.88. The molecule has 32 heavy (non-hydrogen) atoms. The fourth-order valence-corrected chi connectivity index (χ4v) is 5.06. The quantitative estimate of drug-likeness (QED) is 0.527. The van der Waals surface area contributed by atoms with Crippen LogP contribution in [0.25, 0.3) is 0 Å². The molecule has 0 atom stereocenters. The van der Waals surface area contributed by atoms with E-state index in [0.717, 1.165) is 37.0 Å². The predicted molar refractivity (Wildman–Crippen MR) is 117 cm³/mol. The molecule has 0 radical (unpaired) electrons. The van der Waals surface area contributed by atoms with Gasteiger partial charge in [-0.1, -0.05) is 31.9 Å². The number of morpholine rings is 1. The number of carbonyl (C=O) groups is 1. The van der Waals surface area contributed by atoms with Gasteiger partial charge in [0.1, 0.15) is 16.5 Å². The summed E-state index contributed by atoms with van der Waals surface area (Å²) in [6.45, 7) is 3.49. The zero-order valence-electron chi connectivity index (χ0n) is 18.1. The lowest BCUT2D eigenvalue weighted by Crippen LogP contribution is -2.41. The Morgan fingerprint density at radius 3 is 2.41 bits per heavy atom. The van der Waals surface area contributed by atoms with E-state index in [1.807, 2.05) is 0 Å². The monoisotopic (exact) mass is 466 g/mol. The van der Waals surface area contributed by atoms with Gasteiger partial charge >= 0.3 is 0 Å². The Hall–Kier alpha value is -2.36. The normalized spacial score (nSPS) is 15.0. The number of hydrogen-bond donors (Lipinski definition) is 0. The molecule has 2 aromatic carbocycles. The highest BCUT2D eigenvalue weighted by Gasteiger charge is 2.30. The summed E-state index contributed by atoms with van der Waals surface area (Å²) in [6, 6.07) is 9.29. The lowest BCUT2D eigenvalue weighted by Gasteiger charge is -2.27. The van der Waals surface area contributed by atoms with Crippen molar-refractivity contribution in [2.24, 2.45) is 0 Å². The molecule has 174 valence electrons. The van der Waals surface area contributed by atoms with E-state index in [9.17, 15) is 22.0 Å². The Bertz CT molecular complexity index is 1020. The van der Waals surface area contributed by atoms with Gasteiger partial charge in [-0.15, -0.1) is 0 Å².